The van der Waals surface area contributed by atoms with Crippen LogP contribution in [0.15, 0.2) is 24.2 Å². The third kappa shape index (κ3) is 4.39. The first-order valence-corrected chi connectivity index (χ1v) is 11.7. The summed E-state index contributed by atoms with van der Waals surface area (Å²) in [6.07, 6.45) is 11.3. The normalized spacial score (nSPS) is 25.0. The van der Waals surface area contributed by atoms with Gasteiger partial charge in [0.2, 0.25) is 5.91 Å². The van der Waals surface area contributed by atoms with Crippen LogP contribution in [-0.2, 0) is 17.6 Å². The van der Waals surface area contributed by atoms with Crippen LogP contribution in [0.3, 0.4) is 0 Å². The van der Waals surface area contributed by atoms with E-state index < -0.39 is 6.10 Å². The fourth-order valence-corrected chi connectivity index (χ4v) is 5.31. The van der Waals surface area contributed by atoms with Gasteiger partial charge in [0, 0.05) is 29.6 Å². The number of aliphatic hydroxyl groups excluding tert-OH is 1. The number of hydrogen-bond acceptors (Lipinski definition) is 6. The van der Waals surface area contributed by atoms with Gasteiger partial charge < -0.3 is 26.4 Å². The molecule has 1 aliphatic heterocycles. The number of aryl methyl sites for hydroxylation is 1. The fourth-order valence-electron chi connectivity index (χ4n) is 4.06. The lowest BCUT2D eigenvalue weighted by Gasteiger charge is -2.27. The lowest BCUT2D eigenvalue weighted by atomic mass is 9.91. The van der Waals surface area contributed by atoms with Crippen molar-refractivity contribution in [3.05, 3.63) is 40.2 Å². The molecule has 7 nitrogen and oxygen atoms in total. The van der Waals surface area contributed by atoms with E-state index in [-0.39, 0.29) is 23.8 Å². The highest BCUT2D eigenvalue weighted by atomic mass is 32.1. The Balaban J connectivity index is 1.35. The molecule has 5 N–H and O–H groups in total. The molecule has 2 unspecified atom stereocenters. The van der Waals surface area contributed by atoms with Crippen molar-refractivity contribution < 1.29 is 14.7 Å². The van der Waals surface area contributed by atoms with Crippen molar-refractivity contribution in [1.82, 2.24) is 16.0 Å². The molecule has 1 aromatic heterocycles. The summed E-state index contributed by atoms with van der Waals surface area (Å²) in [4.78, 5) is 26.7. The number of dihydropyridines is 1. The van der Waals surface area contributed by atoms with Crippen molar-refractivity contribution in [3.63, 3.8) is 0 Å². The minimum absolute atomic E-state index is 0.0388. The Hall–Kier alpha value is -2.32. The monoisotopic (exact) mass is 428 g/mol. The Labute approximate surface area is 180 Å². The largest absolute Gasteiger partial charge is 0.385 e. The molecule has 30 heavy (non-hydrogen) atoms. The SMILES string of the molecule is O=C(NCC1CC1)c1c(NC(=O)C2CC2)sc2c1CC(NC1=CC(O)C=CN1)CC2. The molecule has 2 heterocycles. The van der Waals surface area contributed by atoms with E-state index in [1.807, 2.05) is 0 Å². The van der Waals surface area contributed by atoms with Crippen LogP contribution >= 0.6 is 11.3 Å². The highest BCUT2D eigenvalue weighted by Gasteiger charge is 2.34. The van der Waals surface area contributed by atoms with Gasteiger partial charge in [-0.15, -0.1) is 11.3 Å². The first-order chi connectivity index (χ1) is 14.6. The summed E-state index contributed by atoms with van der Waals surface area (Å²) < 4.78 is 0. The zero-order valence-electron chi connectivity index (χ0n) is 16.9. The van der Waals surface area contributed by atoms with E-state index in [1.54, 1.807) is 29.7 Å². The molecule has 2 atom stereocenters. The van der Waals surface area contributed by atoms with Gasteiger partial charge in [0.05, 0.1) is 11.7 Å². The van der Waals surface area contributed by atoms with Crippen molar-refractivity contribution in [2.75, 3.05) is 11.9 Å². The first-order valence-electron chi connectivity index (χ1n) is 10.9. The van der Waals surface area contributed by atoms with E-state index in [4.69, 9.17) is 0 Å². The molecular weight excluding hydrogens is 400 g/mol. The van der Waals surface area contributed by atoms with Crippen molar-refractivity contribution in [3.8, 4) is 0 Å². The van der Waals surface area contributed by atoms with Crippen LogP contribution in [0.25, 0.3) is 0 Å². The Kier molecular flexibility index (Phi) is 5.28. The summed E-state index contributed by atoms with van der Waals surface area (Å²) in [5.74, 6) is 1.46. The van der Waals surface area contributed by atoms with E-state index in [0.29, 0.717) is 23.0 Å². The maximum atomic E-state index is 13.1. The molecule has 2 amide bonds. The average Bonchev–Trinajstić information content (AvgIpc) is 3.63. The molecule has 2 saturated carbocycles. The summed E-state index contributed by atoms with van der Waals surface area (Å²) in [5, 5.41) is 23.2. The number of carbonyl (C=O) groups is 2. The maximum absolute atomic E-state index is 13.1. The fraction of sp³-hybridized carbons (Fsp3) is 0.545. The Morgan fingerprint density at radius 2 is 2.03 bits per heavy atom. The number of hydrogen-bond donors (Lipinski definition) is 5. The highest BCUT2D eigenvalue weighted by molar-refractivity contribution is 7.17. The number of anilines is 1. The molecule has 3 aliphatic carbocycles. The van der Waals surface area contributed by atoms with Crippen molar-refractivity contribution in [2.24, 2.45) is 11.8 Å². The molecule has 0 bridgehead atoms. The van der Waals surface area contributed by atoms with Crippen LogP contribution in [0, 0.1) is 11.8 Å². The quantitative estimate of drug-likeness (QED) is 0.457. The number of carbonyl (C=O) groups excluding carboxylic acids is 2. The lowest BCUT2D eigenvalue weighted by Crippen LogP contribution is -2.39. The zero-order chi connectivity index (χ0) is 20.7. The number of amides is 2. The van der Waals surface area contributed by atoms with Crippen molar-refractivity contribution >= 4 is 28.2 Å². The molecule has 2 fully saturated rings. The number of nitrogens with one attached hydrogen (secondary N) is 4. The highest BCUT2D eigenvalue weighted by Crippen LogP contribution is 2.40. The summed E-state index contributed by atoms with van der Waals surface area (Å²) in [6.45, 7) is 0.710. The number of thiophene rings is 1. The van der Waals surface area contributed by atoms with Crippen LogP contribution in [0.1, 0.15) is 52.9 Å². The number of rotatable bonds is 7. The second-order valence-electron chi connectivity index (χ2n) is 8.78. The maximum Gasteiger partial charge on any atom is 0.254 e. The van der Waals surface area contributed by atoms with Crippen LogP contribution in [0.4, 0.5) is 5.00 Å². The lowest BCUT2D eigenvalue weighted by molar-refractivity contribution is -0.117. The summed E-state index contributed by atoms with van der Waals surface area (Å²) in [5.41, 5.74) is 1.71. The molecule has 4 aliphatic rings. The number of aliphatic hydroxyl groups is 1. The first kappa shape index (κ1) is 19.6. The molecule has 0 aromatic carbocycles. The standard InChI is InChI=1S/C22H28N4O3S/c27-15-7-8-23-18(10-15)25-14-5-6-17-16(9-14)19(21(29)24-11-12-1-2-12)22(30-17)26-20(28)13-3-4-13/h7-8,10,12-15,23,25,27H,1-6,9,11H2,(H,24,29)(H,26,28). The second-order valence-corrected chi connectivity index (χ2v) is 9.89. The predicted molar refractivity (Wildman–Crippen MR) is 116 cm³/mol. The summed E-state index contributed by atoms with van der Waals surface area (Å²) >= 11 is 1.56. The third-order valence-electron chi connectivity index (χ3n) is 6.15. The number of fused-ring (bicyclic) bond motifs is 1. The zero-order valence-corrected chi connectivity index (χ0v) is 17.7. The van der Waals surface area contributed by atoms with E-state index in [1.165, 1.54) is 17.7 Å². The molecule has 0 radical (unpaired) electrons. The van der Waals surface area contributed by atoms with Gasteiger partial charge in [-0.2, -0.15) is 0 Å². The van der Waals surface area contributed by atoms with E-state index in [9.17, 15) is 14.7 Å². The third-order valence-corrected chi connectivity index (χ3v) is 7.36. The van der Waals surface area contributed by atoms with Gasteiger partial charge in [-0.05, 0) is 68.6 Å². The molecule has 8 heteroatoms. The predicted octanol–water partition coefficient (Wildman–Crippen LogP) is 2.00. The van der Waals surface area contributed by atoms with Crippen LogP contribution in [0.5, 0.6) is 0 Å². The van der Waals surface area contributed by atoms with Crippen molar-refractivity contribution in [2.45, 2.75) is 57.1 Å². The molecule has 160 valence electrons. The van der Waals surface area contributed by atoms with Crippen molar-refractivity contribution in [1.29, 1.82) is 0 Å². The van der Waals surface area contributed by atoms with Gasteiger partial charge in [0.25, 0.3) is 5.91 Å². The topological polar surface area (TPSA) is 102 Å². The van der Waals surface area contributed by atoms with Crippen LogP contribution in [-0.4, -0.2) is 35.6 Å². The van der Waals surface area contributed by atoms with Gasteiger partial charge in [-0.3, -0.25) is 9.59 Å². The second kappa shape index (κ2) is 8.07. The van der Waals surface area contributed by atoms with Crippen LogP contribution < -0.4 is 21.3 Å². The average molecular weight is 429 g/mol. The summed E-state index contributed by atoms with van der Waals surface area (Å²) in [6, 6.07) is 0.159. The van der Waals surface area contributed by atoms with E-state index in [2.05, 4.69) is 21.3 Å². The van der Waals surface area contributed by atoms with Gasteiger partial charge in [0.1, 0.15) is 10.8 Å². The van der Waals surface area contributed by atoms with Gasteiger partial charge in [0.15, 0.2) is 0 Å². The Morgan fingerprint density at radius 3 is 2.77 bits per heavy atom. The van der Waals surface area contributed by atoms with Gasteiger partial charge in [-0.1, -0.05) is 0 Å². The van der Waals surface area contributed by atoms with Crippen LogP contribution in [0.2, 0.25) is 0 Å². The van der Waals surface area contributed by atoms with Gasteiger partial charge in [-0.25, -0.2) is 0 Å². The Bertz CT molecular complexity index is 914. The smallest absolute Gasteiger partial charge is 0.254 e. The molecule has 5 rings (SSSR count). The van der Waals surface area contributed by atoms with Gasteiger partial charge >= 0.3 is 0 Å². The summed E-state index contributed by atoms with van der Waals surface area (Å²) in [7, 11) is 0. The van der Waals surface area contributed by atoms with E-state index in [0.717, 1.165) is 43.5 Å². The minimum Gasteiger partial charge on any atom is -0.385 e. The Morgan fingerprint density at radius 1 is 1.20 bits per heavy atom. The molecular formula is C22H28N4O3S. The molecule has 0 spiro atoms. The van der Waals surface area contributed by atoms with E-state index >= 15 is 0 Å². The molecule has 1 aromatic rings. The minimum atomic E-state index is -0.595. The molecule has 0 saturated heterocycles.